The summed E-state index contributed by atoms with van der Waals surface area (Å²) in [5, 5.41) is 11.2. The van der Waals surface area contributed by atoms with E-state index in [0.717, 1.165) is 16.3 Å². The van der Waals surface area contributed by atoms with Gasteiger partial charge in [-0.05, 0) is 23.4 Å². The van der Waals surface area contributed by atoms with E-state index < -0.39 is 0 Å². The van der Waals surface area contributed by atoms with Crippen molar-refractivity contribution in [2.45, 2.75) is 12.5 Å². The van der Waals surface area contributed by atoms with Gasteiger partial charge in [-0.1, -0.05) is 54.6 Å². The summed E-state index contributed by atoms with van der Waals surface area (Å²) in [5.74, 6) is -0.144. The minimum absolute atomic E-state index is 0.0140. The number of benzene rings is 2. The van der Waals surface area contributed by atoms with Gasteiger partial charge in [0.2, 0.25) is 0 Å². The van der Waals surface area contributed by atoms with Gasteiger partial charge in [0.1, 0.15) is 5.69 Å². The van der Waals surface area contributed by atoms with Crippen molar-refractivity contribution in [3.8, 4) is 0 Å². The highest BCUT2D eigenvalue weighted by molar-refractivity contribution is 6.05. The molecule has 0 aliphatic heterocycles. The highest BCUT2D eigenvalue weighted by atomic mass is 16.3. The first-order chi connectivity index (χ1) is 11.7. The van der Waals surface area contributed by atoms with Crippen molar-refractivity contribution in [2.75, 3.05) is 13.7 Å². The maximum atomic E-state index is 13.0. The first kappa shape index (κ1) is 16.1. The van der Waals surface area contributed by atoms with Crippen molar-refractivity contribution in [3.63, 3.8) is 0 Å². The topological polar surface area (TPSA) is 53.4 Å². The molecular formula is C20H20N2O2. The fourth-order valence-corrected chi connectivity index (χ4v) is 2.98. The van der Waals surface area contributed by atoms with E-state index in [2.05, 4.69) is 4.98 Å². The average molecular weight is 320 g/mol. The number of amides is 1. The smallest absolute Gasteiger partial charge is 0.273 e. The van der Waals surface area contributed by atoms with Gasteiger partial charge in [-0.3, -0.25) is 9.78 Å². The fourth-order valence-electron chi connectivity index (χ4n) is 2.98. The second-order valence-electron chi connectivity index (χ2n) is 5.74. The molecule has 0 spiro atoms. The molecule has 0 aliphatic carbocycles. The molecule has 0 bridgehead atoms. The van der Waals surface area contributed by atoms with Crippen LogP contribution in [0.2, 0.25) is 0 Å². The highest BCUT2D eigenvalue weighted by Crippen LogP contribution is 2.26. The molecule has 0 aliphatic rings. The van der Waals surface area contributed by atoms with Gasteiger partial charge in [0.25, 0.3) is 5.91 Å². The normalized spacial score (nSPS) is 12.1. The summed E-state index contributed by atoms with van der Waals surface area (Å²) in [6, 6.07) is 19.2. The second-order valence-corrected chi connectivity index (χ2v) is 5.74. The number of carbonyl (C=O) groups excluding carboxylic acids is 1. The number of carbonyl (C=O) groups is 1. The summed E-state index contributed by atoms with van der Waals surface area (Å²) in [6.45, 7) is 0.0140. The Kier molecular flexibility index (Phi) is 4.87. The third-order valence-electron chi connectivity index (χ3n) is 4.25. The minimum atomic E-state index is -0.190. The van der Waals surface area contributed by atoms with Crippen LogP contribution in [0, 0.1) is 0 Å². The first-order valence-corrected chi connectivity index (χ1v) is 7.99. The van der Waals surface area contributed by atoms with Crippen LogP contribution in [0.4, 0.5) is 0 Å². The van der Waals surface area contributed by atoms with Gasteiger partial charge in [-0.2, -0.15) is 0 Å². The van der Waals surface area contributed by atoms with Crippen molar-refractivity contribution < 1.29 is 9.90 Å². The van der Waals surface area contributed by atoms with Crippen LogP contribution in [0.1, 0.15) is 28.5 Å². The minimum Gasteiger partial charge on any atom is -0.396 e. The molecule has 0 saturated carbocycles. The lowest BCUT2D eigenvalue weighted by Crippen LogP contribution is -2.32. The second kappa shape index (κ2) is 7.23. The number of rotatable bonds is 5. The van der Waals surface area contributed by atoms with E-state index >= 15 is 0 Å². The Bertz CT molecular complexity index is 828. The van der Waals surface area contributed by atoms with Crippen molar-refractivity contribution >= 4 is 16.7 Å². The molecule has 1 N–H and O–H groups in total. The van der Waals surface area contributed by atoms with Gasteiger partial charge >= 0.3 is 0 Å². The van der Waals surface area contributed by atoms with Gasteiger partial charge in [-0.15, -0.1) is 0 Å². The third-order valence-corrected chi connectivity index (χ3v) is 4.25. The fraction of sp³-hybridized carbons (Fsp3) is 0.200. The van der Waals surface area contributed by atoms with Crippen LogP contribution in [0.3, 0.4) is 0 Å². The Morgan fingerprint density at radius 3 is 2.54 bits per heavy atom. The van der Waals surface area contributed by atoms with E-state index in [9.17, 15) is 9.90 Å². The van der Waals surface area contributed by atoms with Gasteiger partial charge < -0.3 is 10.0 Å². The molecule has 122 valence electrons. The molecule has 1 heterocycles. The largest absolute Gasteiger partial charge is 0.396 e. The molecule has 4 nitrogen and oxygen atoms in total. The van der Waals surface area contributed by atoms with E-state index in [0.29, 0.717) is 12.1 Å². The van der Waals surface area contributed by atoms with Crippen LogP contribution in [0.15, 0.2) is 66.9 Å². The van der Waals surface area contributed by atoms with E-state index in [1.54, 1.807) is 18.1 Å². The predicted octanol–water partition coefficient (Wildman–Crippen LogP) is 3.43. The van der Waals surface area contributed by atoms with Crippen LogP contribution in [-0.2, 0) is 0 Å². The summed E-state index contributed by atoms with van der Waals surface area (Å²) in [5.41, 5.74) is 1.44. The van der Waals surface area contributed by atoms with E-state index in [1.165, 1.54) is 0 Å². The van der Waals surface area contributed by atoms with Crippen molar-refractivity contribution in [1.82, 2.24) is 9.88 Å². The van der Waals surface area contributed by atoms with Crippen molar-refractivity contribution in [3.05, 3.63) is 78.1 Å². The van der Waals surface area contributed by atoms with Crippen molar-refractivity contribution in [1.29, 1.82) is 0 Å². The summed E-state index contributed by atoms with van der Waals surface area (Å²) < 4.78 is 0. The number of nitrogens with zero attached hydrogens (tertiary/aromatic N) is 2. The Balaban J connectivity index is 1.97. The van der Waals surface area contributed by atoms with Gasteiger partial charge in [-0.25, -0.2) is 0 Å². The number of pyridine rings is 1. The van der Waals surface area contributed by atoms with Crippen molar-refractivity contribution in [2.24, 2.45) is 0 Å². The molecule has 3 aromatic rings. The van der Waals surface area contributed by atoms with Gasteiger partial charge in [0.15, 0.2) is 0 Å². The SMILES string of the molecule is CN(C(=O)c1nccc2ccccc12)C(CCO)c1ccccc1. The molecule has 24 heavy (non-hydrogen) atoms. The summed E-state index contributed by atoms with van der Waals surface area (Å²) in [7, 11) is 1.76. The molecular weight excluding hydrogens is 300 g/mol. The molecule has 0 fully saturated rings. The lowest BCUT2D eigenvalue weighted by Gasteiger charge is -2.28. The van der Waals surface area contributed by atoms with Crippen LogP contribution in [-0.4, -0.2) is 34.6 Å². The molecule has 1 atom stereocenters. The molecule has 4 heteroatoms. The maximum absolute atomic E-state index is 13.0. The Morgan fingerprint density at radius 1 is 1.08 bits per heavy atom. The van der Waals surface area contributed by atoms with E-state index in [-0.39, 0.29) is 18.6 Å². The average Bonchev–Trinajstić information content (AvgIpc) is 2.65. The quantitative estimate of drug-likeness (QED) is 0.783. The summed E-state index contributed by atoms with van der Waals surface area (Å²) in [6.07, 6.45) is 2.14. The summed E-state index contributed by atoms with van der Waals surface area (Å²) in [4.78, 5) is 19.0. The lowest BCUT2D eigenvalue weighted by atomic mass is 10.0. The highest BCUT2D eigenvalue weighted by Gasteiger charge is 2.24. The molecule has 0 saturated heterocycles. The zero-order valence-electron chi connectivity index (χ0n) is 13.6. The van der Waals surface area contributed by atoms with Crippen LogP contribution in [0.25, 0.3) is 10.8 Å². The Labute approximate surface area is 141 Å². The Morgan fingerprint density at radius 2 is 1.79 bits per heavy atom. The lowest BCUT2D eigenvalue weighted by molar-refractivity contribution is 0.0701. The molecule has 1 amide bonds. The third kappa shape index (κ3) is 3.14. The zero-order chi connectivity index (χ0) is 16.9. The molecule has 1 aromatic heterocycles. The standard InChI is InChI=1S/C20H20N2O2/c1-22(18(12-14-23)16-8-3-2-4-9-16)20(24)19-17-10-6-5-7-15(17)11-13-21-19/h2-11,13,18,23H,12,14H2,1H3. The number of fused-ring (bicyclic) bond motifs is 1. The summed E-state index contributed by atoms with van der Waals surface area (Å²) >= 11 is 0. The van der Waals surface area contributed by atoms with Gasteiger partial charge in [0, 0.05) is 25.2 Å². The molecule has 2 aromatic carbocycles. The van der Waals surface area contributed by atoms with E-state index in [1.807, 2.05) is 60.7 Å². The first-order valence-electron chi connectivity index (χ1n) is 7.99. The Hall–Kier alpha value is -2.72. The number of hydrogen-bond donors (Lipinski definition) is 1. The molecule has 3 rings (SSSR count). The number of aromatic nitrogens is 1. The van der Waals surface area contributed by atoms with Crippen LogP contribution in [0.5, 0.6) is 0 Å². The van der Waals surface area contributed by atoms with Crippen LogP contribution >= 0.6 is 0 Å². The monoisotopic (exact) mass is 320 g/mol. The number of hydrogen-bond acceptors (Lipinski definition) is 3. The number of aliphatic hydroxyl groups is 1. The van der Waals surface area contributed by atoms with Gasteiger partial charge in [0.05, 0.1) is 6.04 Å². The molecule has 1 unspecified atom stereocenters. The van der Waals surface area contributed by atoms with E-state index in [4.69, 9.17) is 0 Å². The zero-order valence-corrected chi connectivity index (χ0v) is 13.6. The molecule has 0 radical (unpaired) electrons. The maximum Gasteiger partial charge on any atom is 0.273 e. The predicted molar refractivity (Wildman–Crippen MR) is 94.7 cm³/mol. The number of aliphatic hydroxyl groups excluding tert-OH is 1. The van der Waals surface area contributed by atoms with Crippen LogP contribution < -0.4 is 0 Å².